The number of hydrogen-bond acceptors (Lipinski definition) is 6. The fourth-order valence-electron chi connectivity index (χ4n) is 4.59. The van der Waals surface area contributed by atoms with Crippen molar-refractivity contribution in [2.75, 3.05) is 42.6 Å². The molecule has 0 atom stereocenters. The average molecular weight is 493 g/mol. The van der Waals surface area contributed by atoms with Crippen molar-refractivity contribution in [2.45, 2.75) is 25.3 Å². The lowest BCUT2D eigenvalue weighted by Crippen LogP contribution is -2.38. The second kappa shape index (κ2) is 9.05. The second-order valence-electron chi connectivity index (χ2n) is 9.04. The summed E-state index contributed by atoms with van der Waals surface area (Å²) in [6.07, 6.45) is 2.70. The van der Waals surface area contributed by atoms with E-state index in [9.17, 15) is 14.0 Å². The molecule has 2 amide bonds. The molecule has 3 aliphatic rings. The molecule has 0 spiro atoms. The third-order valence-corrected chi connectivity index (χ3v) is 7.80. The number of benzene rings is 1. The number of nitrogens with one attached hydrogen (secondary N) is 1. The maximum absolute atomic E-state index is 14.6. The fraction of sp³-hybridized carbons (Fsp3) is 0.346. The molecular weight excluding hydrogens is 467 g/mol. The van der Waals surface area contributed by atoms with Gasteiger partial charge in [0.15, 0.2) is 11.6 Å². The van der Waals surface area contributed by atoms with E-state index in [-0.39, 0.29) is 23.3 Å². The van der Waals surface area contributed by atoms with Crippen molar-refractivity contribution in [2.24, 2.45) is 0 Å². The first-order valence-corrected chi connectivity index (χ1v) is 12.7. The number of halogens is 1. The Morgan fingerprint density at radius 1 is 1.09 bits per heavy atom. The first-order chi connectivity index (χ1) is 17.1. The van der Waals surface area contributed by atoms with Crippen molar-refractivity contribution >= 4 is 34.7 Å². The normalized spacial score (nSPS) is 17.4. The number of aromatic nitrogens is 1. The topological polar surface area (TPSA) is 74.8 Å². The number of morpholine rings is 1. The van der Waals surface area contributed by atoms with Gasteiger partial charge < -0.3 is 19.9 Å². The van der Waals surface area contributed by atoms with Gasteiger partial charge in [0, 0.05) is 36.1 Å². The molecule has 6 rings (SSSR count). The van der Waals surface area contributed by atoms with Crippen LogP contribution >= 0.6 is 11.3 Å². The Morgan fingerprint density at radius 3 is 2.69 bits per heavy atom. The molecule has 1 aliphatic carbocycles. The van der Waals surface area contributed by atoms with Gasteiger partial charge in [-0.25, -0.2) is 9.37 Å². The highest BCUT2D eigenvalue weighted by Crippen LogP contribution is 2.42. The van der Waals surface area contributed by atoms with Crippen LogP contribution < -0.4 is 15.1 Å². The zero-order chi connectivity index (χ0) is 23.9. The number of carbonyl (C=O) groups excluding carboxylic acids is 2. The molecule has 2 aromatic heterocycles. The minimum absolute atomic E-state index is 0.0258. The lowest BCUT2D eigenvalue weighted by molar-refractivity contribution is 0.0952. The van der Waals surface area contributed by atoms with E-state index in [1.165, 1.54) is 23.5 Å². The third-order valence-electron chi connectivity index (χ3n) is 6.59. The van der Waals surface area contributed by atoms with Gasteiger partial charge in [0.05, 0.1) is 23.8 Å². The SMILES string of the molecule is O=C(NC1CC1)c1cc2c(s1)-c1ccccc1N(C(=O)c1ccc(F)c(N3CCOCC3)n1)CC2. The van der Waals surface area contributed by atoms with Crippen LogP contribution in [0, 0.1) is 5.82 Å². The second-order valence-corrected chi connectivity index (χ2v) is 10.1. The number of amides is 2. The molecule has 9 heteroatoms. The molecular formula is C26H25FN4O3S. The Balaban J connectivity index is 1.32. The Bertz CT molecular complexity index is 1300. The Kier molecular flexibility index (Phi) is 5.74. The molecule has 7 nitrogen and oxygen atoms in total. The highest BCUT2D eigenvalue weighted by atomic mass is 32.1. The maximum Gasteiger partial charge on any atom is 0.276 e. The van der Waals surface area contributed by atoms with Crippen LogP contribution in [0.1, 0.15) is 38.6 Å². The summed E-state index contributed by atoms with van der Waals surface area (Å²) in [4.78, 5) is 36.0. The van der Waals surface area contributed by atoms with Gasteiger partial charge in [-0.1, -0.05) is 18.2 Å². The largest absolute Gasteiger partial charge is 0.378 e. The van der Waals surface area contributed by atoms with Crippen LogP contribution in [0.3, 0.4) is 0 Å². The summed E-state index contributed by atoms with van der Waals surface area (Å²) >= 11 is 1.47. The van der Waals surface area contributed by atoms with Crippen LogP contribution in [0.5, 0.6) is 0 Å². The van der Waals surface area contributed by atoms with Crippen LogP contribution in [0.2, 0.25) is 0 Å². The van der Waals surface area contributed by atoms with Gasteiger partial charge in [-0.15, -0.1) is 11.3 Å². The van der Waals surface area contributed by atoms with E-state index >= 15 is 0 Å². The summed E-state index contributed by atoms with van der Waals surface area (Å²) in [5.74, 6) is -0.553. The predicted molar refractivity (Wildman–Crippen MR) is 133 cm³/mol. The number of para-hydroxylation sites is 1. The van der Waals surface area contributed by atoms with Gasteiger partial charge in [-0.3, -0.25) is 9.59 Å². The van der Waals surface area contributed by atoms with Gasteiger partial charge in [0.2, 0.25) is 0 Å². The number of anilines is 2. The smallest absolute Gasteiger partial charge is 0.276 e. The first-order valence-electron chi connectivity index (χ1n) is 11.9. The molecule has 3 aromatic rings. The van der Waals surface area contributed by atoms with E-state index in [4.69, 9.17) is 4.74 Å². The van der Waals surface area contributed by atoms with Gasteiger partial charge in [0.1, 0.15) is 5.69 Å². The predicted octanol–water partition coefficient (Wildman–Crippen LogP) is 3.88. The number of thiophene rings is 1. The fourth-order valence-corrected chi connectivity index (χ4v) is 5.74. The standard InChI is InChI=1S/C26H25FN4O3S/c27-19-7-8-20(29-24(19)30-11-13-34-14-12-30)26(33)31-10-9-16-15-22(25(32)28-17-5-6-17)35-23(16)18-3-1-2-4-21(18)31/h1-4,7-8,15,17H,5-6,9-14H2,(H,28,32). The van der Waals surface area contributed by atoms with Crippen molar-refractivity contribution in [3.8, 4) is 10.4 Å². The summed E-state index contributed by atoms with van der Waals surface area (Å²) in [5.41, 5.74) is 2.95. The van der Waals surface area contributed by atoms with Crippen LogP contribution in [-0.2, 0) is 11.2 Å². The molecule has 2 fully saturated rings. The number of nitrogens with zero attached hydrogens (tertiary/aromatic N) is 3. The summed E-state index contributed by atoms with van der Waals surface area (Å²) in [6.45, 7) is 2.51. The molecule has 180 valence electrons. The summed E-state index contributed by atoms with van der Waals surface area (Å²) < 4.78 is 19.9. The highest BCUT2D eigenvalue weighted by Gasteiger charge is 2.30. The molecule has 0 unspecified atom stereocenters. The molecule has 1 N–H and O–H groups in total. The molecule has 35 heavy (non-hydrogen) atoms. The van der Waals surface area contributed by atoms with E-state index in [2.05, 4.69) is 10.3 Å². The average Bonchev–Trinajstić information content (AvgIpc) is 3.63. The van der Waals surface area contributed by atoms with Crippen LogP contribution in [0.25, 0.3) is 10.4 Å². The maximum atomic E-state index is 14.6. The van der Waals surface area contributed by atoms with E-state index in [1.54, 1.807) is 4.90 Å². The van der Waals surface area contributed by atoms with Crippen molar-refractivity contribution in [1.29, 1.82) is 0 Å². The van der Waals surface area contributed by atoms with Gasteiger partial charge in [-0.2, -0.15) is 0 Å². The first kappa shape index (κ1) is 22.2. The number of hydrogen-bond donors (Lipinski definition) is 1. The van der Waals surface area contributed by atoms with Crippen LogP contribution in [-0.4, -0.2) is 55.7 Å². The van der Waals surface area contributed by atoms with E-state index in [1.807, 2.05) is 35.2 Å². The minimum atomic E-state index is -0.445. The van der Waals surface area contributed by atoms with E-state index < -0.39 is 5.82 Å². The van der Waals surface area contributed by atoms with Gasteiger partial charge in [-0.05, 0) is 49.1 Å². The van der Waals surface area contributed by atoms with E-state index in [0.29, 0.717) is 50.2 Å². The van der Waals surface area contributed by atoms with Crippen molar-refractivity contribution in [3.63, 3.8) is 0 Å². The summed E-state index contributed by atoms with van der Waals surface area (Å²) in [7, 11) is 0. The lowest BCUT2D eigenvalue weighted by atomic mass is 10.1. The molecule has 1 saturated carbocycles. The van der Waals surface area contributed by atoms with Crippen LogP contribution in [0.15, 0.2) is 42.5 Å². The van der Waals surface area contributed by atoms with Gasteiger partial charge >= 0.3 is 0 Å². The number of pyridine rings is 1. The Morgan fingerprint density at radius 2 is 1.89 bits per heavy atom. The quantitative estimate of drug-likeness (QED) is 0.598. The van der Waals surface area contributed by atoms with Gasteiger partial charge in [0.25, 0.3) is 11.8 Å². The van der Waals surface area contributed by atoms with E-state index in [0.717, 1.165) is 34.5 Å². The molecule has 2 aliphatic heterocycles. The molecule has 1 aromatic carbocycles. The molecule has 0 bridgehead atoms. The molecule has 0 radical (unpaired) electrons. The van der Waals surface area contributed by atoms with Crippen LogP contribution in [0.4, 0.5) is 15.9 Å². The number of rotatable bonds is 4. The number of fused-ring (bicyclic) bond motifs is 3. The Hall–Kier alpha value is -3.30. The zero-order valence-electron chi connectivity index (χ0n) is 19.1. The number of ether oxygens (including phenoxy) is 1. The van der Waals surface area contributed by atoms with Crippen molar-refractivity contribution < 1.29 is 18.7 Å². The zero-order valence-corrected chi connectivity index (χ0v) is 19.9. The monoisotopic (exact) mass is 492 g/mol. The molecule has 4 heterocycles. The van der Waals surface area contributed by atoms with Crippen molar-refractivity contribution in [3.05, 3.63) is 64.4 Å². The molecule has 1 saturated heterocycles. The Labute approximate surface area is 206 Å². The summed E-state index contributed by atoms with van der Waals surface area (Å²) in [5, 5.41) is 3.06. The minimum Gasteiger partial charge on any atom is -0.378 e. The summed E-state index contributed by atoms with van der Waals surface area (Å²) in [6, 6.07) is 12.8. The highest BCUT2D eigenvalue weighted by molar-refractivity contribution is 7.17. The van der Waals surface area contributed by atoms with Crippen molar-refractivity contribution in [1.82, 2.24) is 10.3 Å². The lowest BCUT2D eigenvalue weighted by Gasteiger charge is -2.28. The third kappa shape index (κ3) is 4.30. The number of carbonyl (C=O) groups is 2.